The lowest BCUT2D eigenvalue weighted by atomic mass is 10.1. The van der Waals surface area contributed by atoms with E-state index in [1.807, 2.05) is 7.05 Å². The van der Waals surface area contributed by atoms with Crippen molar-refractivity contribution >= 4 is 37.3 Å². The highest BCUT2D eigenvalue weighted by atomic mass is 79.9. The maximum Gasteiger partial charge on any atom is 0.253 e. The fourth-order valence-electron chi connectivity index (χ4n) is 1.98. The van der Waals surface area contributed by atoms with Crippen LogP contribution in [0.3, 0.4) is 0 Å². The molecule has 0 saturated carbocycles. The van der Waals surface area contributed by atoms with Gasteiger partial charge < -0.3 is 5.32 Å². The first kappa shape index (κ1) is 13.5. The number of thiophene rings is 1. The second-order valence-electron chi connectivity index (χ2n) is 4.05. The second-order valence-corrected chi connectivity index (χ2v) is 7.95. The van der Waals surface area contributed by atoms with Crippen molar-refractivity contribution in [1.82, 2.24) is 9.62 Å². The molecule has 1 N–H and O–H groups in total. The zero-order valence-corrected chi connectivity index (χ0v) is 12.7. The summed E-state index contributed by atoms with van der Waals surface area (Å²) in [7, 11) is -1.45. The third-order valence-electron chi connectivity index (χ3n) is 2.95. The van der Waals surface area contributed by atoms with E-state index in [0.29, 0.717) is 21.8 Å². The fraction of sp³-hybridized carbons (Fsp3) is 0.600. The van der Waals surface area contributed by atoms with E-state index in [1.54, 1.807) is 15.8 Å². The Balaban J connectivity index is 2.24. The van der Waals surface area contributed by atoms with Crippen LogP contribution in [0.15, 0.2) is 20.1 Å². The van der Waals surface area contributed by atoms with Crippen molar-refractivity contribution in [1.29, 1.82) is 0 Å². The van der Waals surface area contributed by atoms with E-state index in [2.05, 4.69) is 21.2 Å². The first-order valence-corrected chi connectivity index (χ1v) is 8.57. The molecule has 2 heterocycles. The van der Waals surface area contributed by atoms with Crippen LogP contribution < -0.4 is 5.32 Å². The number of halogens is 1. The number of nitrogens with one attached hydrogen (secondary N) is 1. The average molecular weight is 339 g/mol. The minimum Gasteiger partial charge on any atom is -0.316 e. The molecular weight excluding hydrogens is 324 g/mol. The molecule has 0 bridgehead atoms. The molecule has 1 atom stereocenters. The van der Waals surface area contributed by atoms with Crippen molar-refractivity contribution in [3.05, 3.63) is 15.9 Å². The highest BCUT2D eigenvalue weighted by Gasteiger charge is 2.31. The van der Waals surface area contributed by atoms with Gasteiger partial charge in [0.15, 0.2) is 0 Å². The molecule has 0 aromatic carbocycles. The summed E-state index contributed by atoms with van der Waals surface area (Å²) in [5.41, 5.74) is 0. The van der Waals surface area contributed by atoms with Gasteiger partial charge in [-0.05, 0) is 47.3 Å². The quantitative estimate of drug-likeness (QED) is 0.915. The monoisotopic (exact) mass is 338 g/mol. The molecule has 1 fully saturated rings. The maximum atomic E-state index is 12.4. The summed E-state index contributed by atoms with van der Waals surface area (Å²) in [5, 5.41) is 4.94. The number of piperidine rings is 1. The molecule has 0 aliphatic carbocycles. The molecule has 0 spiro atoms. The Kier molecular flexibility index (Phi) is 4.25. The van der Waals surface area contributed by atoms with Crippen LogP contribution in [0.2, 0.25) is 0 Å². The first-order valence-electron chi connectivity index (χ1n) is 5.46. The normalized spacial score (nSPS) is 22.8. The lowest BCUT2D eigenvalue weighted by Gasteiger charge is -2.31. The smallest absolute Gasteiger partial charge is 0.253 e. The predicted molar refractivity (Wildman–Crippen MR) is 72.9 cm³/mol. The van der Waals surface area contributed by atoms with Gasteiger partial charge in [-0.25, -0.2) is 8.42 Å². The molecule has 96 valence electrons. The number of nitrogens with zero attached hydrogens (tertiary/aromatic N) is 1. The summed E-state index contributed by atoms with van der Waals surface area (Å²) in [4.78, 5) is 0. The van der Waals surface area contributed by atoms with Crippen LogP contribution >= 0.6 is 27.3 Å². The standard InChI is InChI=1S/C10H15BrN2O2S2/c1-12-8-3-2-5-13(7-8)17(14,15)10-9(11)4-6-16-10/h4,6,8,12H,2-3,5,7H2,1H3/t8-/m0/s1. The molecule has 1 aromatic rings. The molecule has 4 nitrogen and oxygen atoms in total. The van der Waals surface area contributed by atoms with E-state index in [4.69, 9.17) is 0 Å². The number of hydrogen-bond acceptors (Lipinski definition) is 4. The van der Waals surface area contributed by atoms with Crippen LogP contribution in [0.25, 0.3) is 0 Å². The number of likely N-dealkylation sites (N-methyl/N-ethyl adjacent to an activating group) is 1. The van der Waals surface area contributed by atoms with Crippen LogP contribution in [0.1, 0.15) is 12.8 Å². The molecule has 1 aliphatic heterocycles. The van der Waals surface area contributed by atoms with E-state index in [1.165, 1.54) is 11.3 Å². The molecule has 7 heteroatoms. The lowest BCUT2D eigenvalue weighted by Crippen LogP contribution is -2.46. The molecular formula is C10H15BrN2O2S2. The van der Waals surface area contributed by atoms with Crippen LogP contribution in [-0.2, 0) is 10.0 Å². The Hall–Kier alpha value is 0.0500. The third-order valence-corrected chi connectivity index (χ3v) is 7.46. The summed E-state index contributed by atoms with van der Waals surface area (Å²) in [6, 6.07) is 2.04. The SMILES string of the molecule is CN[C@H]1CCCN(S(=O)(=O)c2sccc2Br)C1. The highest BCUT2D eigenvalue weighted by molar-refractivity contribution is 9.10. The van der Waals surface area contributed by atoms with Gasteiger partial charge in [0.25, 0.3) is 10.0 Å². The predicted octanol–water partition coefficient (Wildman–Crippen LogP) is 1.88. The van der Waals surface area contributed by atoms with Gasteiger partial charge in [0.1, 0.15) is 4.21 Å². The number of hydrogen-bond donors (Lipinski definition) is 1. The Bertz CT molecular complexity index is 486. The summed E-state index contributed by atoms with van der Waals surface area (Å²) in [6.45, 7) is 1.17. The van der Waals surface area contributed by atoms with Crippen molar-refractivity contribution in [3.8, 4) is 0 Å². The van der Waals surface area contributed by atoms with Crippen molar-refractivity contribution in [2.75, 3.05) is 20.1 Å². The molecule has 1 saturated heterocycles. The Morgan fingerprint density at radius 2 is 2.35 bits per heavy atom. The van der Waals surface area contributed by atoms with Crippen LogP contribution in [0.5, 0.6) is 0 Å². The van der Waals surface area contributed by atoms with E-state index >= 15 is 0 Å². The summed E-state index contributed by atoms with van der Waals surface area (Å²) < 4.78 is 27.5. The van der Waals surface area contributed by atoms with Crippen LogP contribution in [0.4, 0.5) is 0 Å². The van der Waals surface area contributed by atoms with Crippen molar-refractivity contribution < 1.29 is 8.42 Å². The van der Waals surface area contributed by atoms with E-state index in [-0.39, 0.29) is 6.04 Å². The molecule has 17 heavy (non-hydrogen) atoms. The largest absolute Gasteiger partial charge is 0.316 e. The summed E-state index contributed by atoms with van der Waals surface area (Å²) >= 11 is 4.55. The lowest BCUT2D eigenvalue weighted by molar-refractivity contribution is 0.293. The molecule has 1 aromatic heterocycles. The second kappa shape index (κ2) is 5.36. The topological polar surface area (TPSA) is 49.4 Å². The molecule has 0 amide bonds. The zero-order chi connectivity index (χ0) is 12.5. The summed E-state index contributed by atoms with van der Waals surface area (Å²) in [5.74, 6) is 0. The number of rotatable bonds is 3. The van der Waals surface area contributed by atoms with E-state index in [9.17, 15) is 8.42 Å². The van der Waals surface area contributed by atoms with Gasteiger partial charge in [-0.3, -0.25) is 0 Å². The highest BCUT2D eigenvalue weighted by Crippen LogP contribution is 2.31. The molecule has 0 radical (unpaired) electrons. The Labute approximate surface area is 114 Å². The zero-order valence-electron chi connectivity index (χ0n) is 9.52. The van der Waals surface area contributed by atoms with Crippen LogP contribution in [0, 0.1) is 0 Å². The van der Waals surface area contributed by atoms with Crippen molar-refractivity contribution in [3.63, 3.8) is 0 Å². The van der Waals surface area contributed by atoms with Crippen molar-refractivity contribution in [2.45, 2.75) is 23.1 Å². The van der Waals surface area contributed by atoms with Gasteiger partial charge >= 0.3 is 0 Å². The number of sulfonamides is 1. The van der Waals surface area contributed by atoms with Gasteiger partial charge in [-0.15, -0.1) is 11.3 Å². The Morgan fingerprint density at radius 3 is 2.94 bits per heavy atom. The van der Waals surface area contributed by atoms with Crippen molar-refractivity contribution in [2.24, 2.45) is 0 Å². The first-order chi connectivity index (χ1) is 8.05. The molecule has 1 aliphatic rings. The van der Waals surface area contributed by atoms with Gasteiger partial charge in [-0.1, -0.05) is 0 Å². The minimum absolute atomic E-state index is 0.261. The van der Waals surface area contributed by atoms with Gasteiger partial charge in [0.2, 0.25) is 0 Å². The fourth-order valence-corrected chi connectivity index (χ4v) is 5.95. The summed E-state index contributed by atoms with van der Waals surface area (Å²) in [6.07, 6.45) is 1.95. The Morgan fingerprint density at radius 1 is 1.59 bits per heavy atom. The van der Waals surface area contributed by atoms with E-state index < -0.39 is 10.0 Å². The molecule has 2 rings (SSSR count). The molecule has 0 unspecified atom stereocenters. The van der Waals surface area contributed by atoms with Gasteiger partial charge in [0, 0.05) is 23.6 Å². The minimum atomic E-state index is -3.33. The third kappa shape index (κ3) is 2.73. The van der Waals surface area contributed by atoms with Crippen LogP contribution in [-0.4, -0.2) is 38.9 Å². The average Bonchev–Trinajstić information content (AvgIpc) is 2.76. The van der Waals surface area contributed by atoms with E-state index in [0.717, 1.165) is 12.8 Å². The van der Waals surface area contributed by atoms with Gasteiger partial charge in [-0.2, -0.15) is 4.31 Å². The maximum absolute atomic E-state index is 12.4. The van der Waals surface area contributed by atoms with Gasteiger partial charge in [0.05, 0.1) is 0 Å².